The number of nitrogens with zero attached hydrogens (tertiary/aromatic N) is 1. The van der Waals surface area contributed by atoms with Crippen molar-refractivity contribution < 1.29 is 9.59 Å². The average molecular weight is 360 g/mol. The van der Waals surface area contributed by atoms with E-state index in [2.05, 4.69) is 5.32 Å². The van der Waals surface area contributed by atoms with Gasteiger partial charge in [0.05, 0.1) is 5.92 Å². The van der Waals surface area contributed by atoms with Crippen molar-refractivity contribution in [1.82, 2.24) is 10.2 Å². The van der Waals surface area contributed by atoms with Crippen molar-refractivity contribution in [2.24, 2.45) is 17.6 Å². The van der Waals surface area contributed by atoms with Crippen LogP contribution in [0.15, 0.2) is 0 Å². The highest BCUT2D eigenvalue weighted by molar-refractivity contribution is 5.85. The first kappa shape index (κ1) is 21.2. The topological polar surface area (TPSA) is 75.4 Å². The van der Waals surface area contributed by atoms with Gasteiger partial charge < -0.3 is 16.0 Å². The minimum absolute atomic E-state index is 0. The molecule has 1 atom stereocenters. The third kappa shape index (κ3) is 6.98. The highest BCUT2D eigenvalue weighted by Gasteiger charge is 2.28. The minimum Gasteiger partial charge on any atom is -0.355 e. The van der Waals surface area contributed by atoms with Gasteiger partial charge in [0.1, 0.15) is 0 Å². The van der Waals surface area contributed by atoms with E-state index in [-0.39, 0.29) is 30.1 Å². The van der Waals surface area contributed by atoms with Crippen LogP contribution in [-0.4, -0.2) is 42.9 Å². The number of nitrogens with one attached hydrogen (secondary N) is 1. The number of nitrogens with two attached hydrogens (primary N) is 1. The molecule has 1 saturated carbocycles. The van der Waals surface area contributed by atoms with E-state index in [0.717, 1.165) is 31.7 Å². The predicted molar refractivity (Wildman–Crippen MR) is 99.0 cm³/mol. The highest BCUT2D eigenvalue weighted by atomic mass is 35.5. The molecule has 1 aliphatic carbocycles. The van der Waals surface area contributed by atoms with Gasteiger partial charge in [-0.2, -0.15) is 0 Å². The second-order valence-electron chi connectivity index (χ2n) is 7.15. The van der Waals surface area contributed by atoms with Crippen molar-refractivity contribution in [2.45, 2.75) is 64.2 Å². The smallest absolute Gasteiger partial charge is 0.224 e. The molecule has 2 fully saturated rings. The van der Waals surface area contributed by atoms with Crippen molar-refractivity contribution in [3.63, 3.8) is 0 Å². The first-order valence-corrected chi connectivity index (χ1v) is 9.46. The van der Waals surface area contributed by atoms with E-state index in [1.165, 1.54) is 38.5 Å². The van der Waals surface area contributed by atoms with Crippen LogP contribution >= 0.6 is 12.4 Å². The monoisotopic (exact) mass is 359 g/mol. The van der Waals surface area contributed by atoms with Crippen LogP contribution in [0.3, 0.4) is 0 Å². The van der Waals surface area contributed by atoms with Gasteiger partial charge in [-0.15, -0.1) is 12.4 Å². The van der Waals surface area contributed by atoms with Gasteiger partial charge in [-0.25, -0.2) is 0 Å². The molecule has 140 valence electrons. The number of amides is 2. The Bertz CT molecular complexity index is 386. The second kappa shape index (κ2) is 11.7. The van der Waals surface area contributed by atoms with Crippen LogP contribution in [0.4, 0.5) is 0 Å². The highest BCUT2D eigenvalue weighted by Crippen LogP contribution is 2.28. The van der Waals surface area contributed by atoms with E-state index in [9.17, 15) is 9.59 Å². The molecule has 2 aliphatic rings. The lowest BCUT2D eigenvalue weighted by molar-refractivity contribution is -0.135. The van der Waals surface area contributed by atoms with Gasteiger partial charge in [0.25, 0.3) is 0 Å². The number of carbonyl (C=O) groups excluding carboxylic acids is 2. The average Bonchev–Trinajstić information content (AvgIpc) is 2.60. The van der Waals surface area contributed by atoms with Gasteiger partial charge in [0.2, 0.25) is 11.8 Å². The number of piperidine rings is 1. The molecule has 0 spiro atoms. The summed E-state index contributed by atoms with van der Waals surface area (Å²) in [5, 5.41) is 2.85. The van der Waals surface area contributed by atoms with Crippen LogP contribution in [-0.2, 0) is 9.59 Å². The zero-order valence-corrected chi connectivity index (χ0v) is 15.6. The summed E-state index contributed by atoms with van der Waals surface area (Å²) >= 11 is 0. The Labute approximate surface area is 152 Å². The Hall–Kier alpha value is -0.810. The molecule has 1 aliphatic heterocycles. The van der Waals surface area contributed by atoms with Gasteiger partial charge in [0, 0.05) is 32.6 Å². The Morgan fingerprint density at radius 3 is 2.54 bits per heavy atom. The van der Waals surface area contributed by atoms with Gasteiger partial charge >= 0.3 is 0 Å². The third-order valence-electron chi connectivity index (χ3n) is 5.32. The summed E-state index contributed by atoms with van der Waals surface area (Å²) in [6, 6.07) is 0. The molecule has 0 radical (unpaired) electrons. The molecule has 3 N–H and O–H groups in total. The minimum atomic E-state index is -0.0578. The number of halogens is 1. The molecule has 6 heteroatoms. The molecular weight excluding hydrogens is 326 g/mol. The van der Waals surface area contributed by atoms with E-state index in [4.69, 9.17) is 5.73 Å². The lowest BCUT2D eigenvalue weighted by Crippen LogP contribution is -2.46. The molecule has 2 amide bonds. The Balaban J connectivity index is 0.00000288. The molecule has 1 heterocycles. The summed E-state index contributed by atoms with van der Waals surface area (Å²) < 4.78 is 0. The van der Waals surface area contributed by atoms with E-state index < -0.39 is 0 Å². The molecule has 5 nitrogen and oxygen atoms in total. The number of hydrogen-bond acceptors (Lipinski definition) is 3. The first-order chi connectivity index (χ1) is 11.2. The SMILES string of the molecule is Cl.NCCNC(=O)C1CCCN(C(=O)CCCC2CCCCC2)C1. The van der Waals surface area contributed by atoms with Gasteiger partial charge in [-0.05, 0) is 31.6 Å². The lowest BCUT2D eigenvalue weighted by atomic mass is 9.86. The summed E-state index contributed by atoms with van der Waals surface area (Å²) in [6.07, 6.45) is 11.5. The van der Waals surface area contributed by atoms with E-state index in [1.54, 1.807) is 0 Å². The van der Waals surface area contributed by atoms with Crippen LogP contribution in [0.1, 0.15) is 64.2 Å². The van der Waals surface area contributed by atoms with Crippen LogP contribution in [0, 0.1) is 11.8 Å². The summed E-state index contributed by atoms with van der Waals surface area (Å²) in [4.78, 5) is 26.3. The normalized spacial score (nSPS) is 21.9. The molecule has 0 aromatic rings. The maximum absolute atomic E-state index is 12.4. The number of hydrogen-bond donors (Lipinski definition) is 2. The molecule has 24 heavy (non-hydrogen) atoms. The fraction of sp³-hybridized carbons (Fsp3) is 0.889. The maximum atomic E-state index is 12.4. The number of rotatable bonds is 7. The molecule has 0 aromatic carbocycles. The maximum Gasteiger partial charge on any atom is 0.224 e. The quantitative estimate of drug-likeness (QED) is 0.733. The van der Waals surface area contributed by atoms with Crippen LogP contribution in [0.5, 0.6) is 0 Å². The van der Waals surface area contributed by atoms with Crippen LogP contribution in [0.25, 0.3) is 0 Å². The lowest BCUT2D eigenvalue weighted by Gasteiger charge is -2.32. The van der Waals surface area contributed by atoms with Crippen molar-refractivity contribution >= 4 is 24.2 Å². The Morgan fingerprint density at radius 1 is 1.08 bits per heavy atom. The van der Waals surface area contributed by atoms with Crippen molar-refractivity contribution in [1.29, 1.82) is 0 Å². The van der Waals surface area contributed by atoms with Gasteiger partial charge in [-0.1, -0.05) is 32.1 Å². The summed E-state index contributed by atoms with van der Waals surface area (Å²) in [5.74, 6) is 1.07. The molecule has 2 rings (SSSR count). The van der Waals surface area contributed by atoms with Crippen LogP contribution in [0.2, 0.25) is 0 Å². The van der Waals surface area contributed by atoms with Gasteiger partial charge in [-0.3, -0.25) is 9.59 Å². The van der Waals surface area contributed by atoms with Gasteiger partial charge in [0.15, 0.2) is 0 Å². The van der Waals surface area contributed by atoms with Crippen molar-refractivity contribution in [3.05, 3.63) is 0 Å². The number of likely N-dealkylation sites (tertiary alicyclic amines) is 1. The number of carbonyl (C=O) groups is 2. The van der Waals surface area contributed by atoms with E-state index in [0.29, 0.717) is 26.1 Å². The largest absolute Gasteiger partial charge is 0.355 e. The zero-order chi connectivity index (χ0) is 16.5. The fourth-order valence-electron chi connectivity index (χ4n) is 3.93. The fourth-order valence-corrected chi connectivity index (χ4v) is 3.93. The third-order valence-corrected chi connectivity index (χ3v) is 5.32. The summed E-state index contributed by atoms with van der Waals surface area (Å²) in [7, 11) is 0. The molecule has 1 unspecified atom stereocenters. The zero-order valence-electron chi connectivity index (χ0n) is 14.8. The summed E-state index contributed by atoms with van der Waals surface area (Å²) in [6.45, 7) is 2.37. The molecule has 0 aromatic heterocycles. The predicted octanol–water partition coefficient (Wildman–Crippen LogP) is 2.47. The van der Waals surface area contributed by atoms with Crippen LogP contribution < -0.4 is 11.1 Å². The second-order valence-corrected chi connectivity index (χ2v) is 7.15. The molecular formula is C18H34ClN3O2. The van der Waals surface area contributed by atoms with Crippen molar-refractivity contribution in [2.75, 3.05) is 26.2 Å². The molecule has 0 bridgehead atoms. The Morgan fingerprint density at radius 2 is 1.83 bits per heavy atom. The standard InChI is InChI=1S/C18H33N3O2.ClH/c19-11-12-20-18(23)16-9-5-13-21(14-16)17(22)10-4-8-15-6-2-1-3-7-15;/h15-16H,1-14,19H2,(H,20,23);1H. The van der Waals surface area contributed by atoms with Crippen molar-refractivity contribution in [3.8, 4) is 0 Å². The first-order valence-electron chi connectivity index (χ1n) is 9.46. The van der Waals surface area contributed by atoms with E-state index >= 15 is 0 Å². The Kier molecular flexibility index (Phi) is 10.3. The van der Waals surface area contributed by atoms with E-state index in [1.807, 2.05) is 4.90 Å². The molecule has 1 saturated heterocycles. The summed E-state index contributed by atoms with van der Waals surface area (Å²) in [5.41, 5.74) is 5.42.